The summed E-state index contributed by atoms with van der Waals surface area (Å²) in [4.78, 5) is 27.2. The number of carbonyl (C=O) groups excluding carboxylic acids is 2. The lowest BCUT2D eigenvalue weighted by atomic mass is 10.2. The minimum atomic E-state index is -0.122. The summed E-state index contributed by atoms with van der Waals surface area (Å²) in [6.45, 7) is 3.63. The standard InChI is InChI=1S/C20H18N4O2S2/c1-3-14(25)18-17(15-11-8-12-27-15)23(16(26)4-2)24-19(21-22-20(24)28-18)13-9-6-5-7-10-13/h5-12H,3-4H2,1-2H3. The summed E-state index contributed by atoms with van der Waals surface area (Å²) in [5, 5.41) is 12.6. The number of allylic oxidation sites excluding steroid dienone is 1. The lowest BCUT2D eigenvalue weighted by molar-refractivity contribution is -0.118. The molecule has 0 N–H and O–H groups in total. The van der Waals surface area contributed by atoms with E-state index in [-0.39, 0.29) is 11.7 Å². The van der Waals surface area contributed by atoms with Gasteiger partial charge >= 0.3 is 0 Å². The van der Waals surface area contributed by atoms with Gasteiger partial charge in [0.15, 0.2) is 11.6 Å². The SMILES string of the molecule is CCC(=O)C1=C(c2cccs2)N(C(=O)CC)n2c(nnc2-c2ccccc2)S1. The molecule has 0 saturated carbocycles. The van der Waals surface area contributed by atoms with E-state index in [1.165, 1.54) is 23.1 Å². The summed E-state index contributed by atoms with van der Waals surface area (Å²) in [6, 6.07) is 13.5. The number of hydrogen-bond acceptors (Lipinski definition) is 6. The highest BCUT2D eigenvalue weighted by atomic mass is 32.2. The first-order valence-electron chi connectivity index (χ1n) is 8.99. The van der Waals surface area contributed by atoms with E-state index >= 15 is 0 Å². The van der Waals surface area contributed by atoms with Crippen LogP contribution in [0, 0.1) is 0 Å². The molecule has 142 valence electrons. The number of Topliss-reactive ketones (excluding diaryl/α,β-unsaturated/α-hetero) is 1. The van der Waals surface area contributed by atoms with Crippen molar-refractivity contribution in [2.45, 2.75) is 31.8 Å². The van der Waals surface area contributed by atoms with Crippen LogP contribution in [0.5, 0.6) is 0 Å². The predicted molar refractivity (Wildman–Crippen MR) is 111 cm³/mol. The average Bonchev–Trinajstić information content (AvgIpc) is 3.41. The Hall–Kier alpha value is -2.71. The second kappa shape index (κ2) is 7.73. The molecule has 0 bridgehead atoms. The monoisotopic (exact) mass is 410 g/mol. The van der Waals surface area contributed by atoms with Crippen LogP contribution in [0.1, 0.15) is 31.6 Å². The fourth-order valence-corrected chi connectivity index (χ4v) is 4.87. The van der Waals surface area contributed by atoms with Gasteiger partial charge in [-0.15, -0.1) is 21.5 Å². The number of fused-ring (bicyclic) bond motifs is 1. The van der Waals surface area contributed by atoms with Crippen molar-refractivity contribution in [2.75, 3.05) is 5.01 Å². The zero-order chi connectivity index (χ0) is 19.7. The average molecular weight is 411 g/mol. The molecule has 1 aliphatic heterocycles. The number of ketones is 1. The maximum atomic E-state index is 13.1. The van der Waals surface area contributed by atoms with Crippen LogP contribution in [0.25, 0.3) is 17.1 Å². The van der Waals surface area contributed by atoms with Crippen LogP contribution in [0.15, 0.2) is 57.9 Å². The molecule has 0 radical (unpaired) electrons. The summed E-state index contributed by atoms with van der Waals surface area (Å²) in [5.41, 5.74) is 1.47. The molecule has 3 heterocycles. The molecule has 6 nitrogen and oxygen atoms in total. The smallest absolute Gasteiger partial charge is 0.246 e. The van der Waals surface area contributed by atoms with E-state index in [0.717, 1.165) is 10.4 Å². The summed E-state index contributed by atoms with van der Waals surface area (Å²) < 4.78 is 1.73. The molecule has 1 aromatic carbocycles. The van der Waals surface area contributed by atoms with E-state index in [1.54, 1.807) is 9.69 Å². The van der Waals surface area contributed by atoms with Gasteiger partial charge in [-0.05, 0) is 23.2 Å². The van der Waals surface area contributed by atoms with Crippen LogP contribution in [-0.4, -0.2) is 26.6 Å². The van der Waals surface area contributed by atoms with Gasteiger partial charge in [-0.25, -0.2) is 5.01 Å². The minimum Gasteiger partial charge on any atom is -0.294 e. The number of amides is 1. The van der Waals surface area contributed by atoms with Crippen LogP contribution in [0.2, 0.25) is 0 Å². The molecule has 0 spiro atoms. The molecule has 0 unspecified atom stereocenters. The molecular weight excluding hydrogens is 392 g/mol. The normalized spacial score (nSPS) is 13.6. The maximum absolute atomic E-state index is 13.1. The van der Waals surface area contributed by atoms with Gasteiger partial charge in [0, 0.05) is 18.4 Å². The number of benzene rings is 1. The topological polar surface area (TPSA) is 68.1 Å². The Kier molecular flexibility index (Phi) is 5.15. The second-order valence-electron chi connectivity index (χ2n) is 6.08. The highest BCUT2D eigenvalue weighted by molar-refractivity contribution is 8.04. The van der Waals surface area contributed by atoms with Crippen molar-refractivity contribution in [3.63, 3.8) is 0 Å². The van der Waals surface area contributed by atoms with E-state index in [2.05, 4.69) is 10.2 Å². The van der Waals surface area contributed by atoms with Crippen LogP contribution in [0.3, 0.4) is 0 Å². The van der Waals surface area contributed by atoms with E-state index in [1.807, 2.05) is 61.7 Å². The van der Waals surface area contributed by atoms with Gasteiger partial charge in [-0.3, -0.25) is 9.59 Å². The van der Waals surface area contributed by atoms with Crippen molar-refractivity contribution in [3.8, 4) is 11.4 Å². The predicted octanol–water partition coefficient (Wildman–Crippen LogP) is 4.33. The van der Waals surface area contributed by atoms with Crippen molar-refractivity contribution >= 4 is 40.5 Å². The van der Waals surface area contributed by atoms with E-state index in [9.17, 15) is 9.59 Å². The Morgan fingerprint density at radius 1 is 1.00 bits per heavy atom. The summed E-state index contributed by atoms with van der Waals surface area (Å²) in [5.74, 6) is 0.433. The molecule has 8 heteroatoms. The number of aromatic nitrogens is 3. The van der Waals surface area contributed by atoms with Crippen molar-refractivity contribution in [1.82, 2.24) is 14.9 Å². The fourth-order valence-electron chi connectivity index (χ4n) is 2.98. The van der Waals surface area contributed by atoms with Crippen molar-refractivity contribution in [1.29, 1.82) is 0 Å². The molecule has 0 saturated heterocycles. The number of hydrogen-bond donors (Lipinski definition) is 0. The minimum absolute atomic E-state index is 0.0159. The molecule has 0 aliphatic carbocycles. The first kappa shape index (κ1) is 18.6. The number of carbonyl (C=O) groups is 2. The number of thioether (sulfide) groups is 1. The van der Waals surface area contributed by atoms with Gasteiger partial charge in [0.1, 0.15) is 5.70 Å². The molecule has 3 aromatic rings. The van der Waals surface area contributed by atoms with Gasteiger partial charge in [0.25, 0.3) is 0 Å². The zero-order valence-electron chi connectivity index (χ0n) is 15.5. The molecule has 0 atom stereocenters. The highest BCUT2D eigenvalue weighted by Gasteiger charge is 2.36. The first-order chi connectivity index (χ1) is 13.7. The summed E-state index contributed by atoms with van der Waals surface area (Å²) >= 11 is 2.78. The lowest BCUT2D eigenvalue weighted by Gasteiger charge is -2.32. The lowest BCUT2D eigenvalue weighted by Crippen LogP contribution is -2.42. The fraction of sp³-hybridized carbons (Fsp3) is 0.200. The molecule has 0 fully saturated rings. The van der Waals surface area contributed by atoms with Gasteiger partial charge in [-0.2, -0.15) is 4.68 Å². The second-order valence-corrected chi connectivity index (χ2v) is 8.00. The van der Waals surface area contributed by atoms with Crippen LogP contribution in [-0.2, 0) is 9.59 Å². The molecule has 1 amide bonds. The Balaban J connectivity index is 1.98. The van der Waals surface area contributed by atoms with E-state index in [0.29, 0.717) is 34.4 Å². The Bertz CT molecular complexity index is 1060. The summed E-state index contributed by atoms with van der Waals surface area (Å²) in [7, 11) is 0. The van der Waals surface area contributed by atoms with Gasteiger partial charge < -0.3 is 0 Å². The maximum Gasteiger partial charge on any atom is 0.246 e. The molecule has 4 rings (SSSR count). The molecular formula is C20H18N4O2S2. The van der Waals surface area contributed by atoms with Gasteiger partial charge in [0.2, 0.25) is 11.1 Å². The quantitative estimate of drug-likeness (QED) is 0.626. The number of nitrogens with zero attached hydrogens (tertiary/aromatic N) is 4. The molecule has 1 aliphatic rings. The van der Waals surface area contributed by atoms with Crippen LogP contribution >= 0.6 is 23.1 Å². The third-order valence-electron chi connectivity index (χ3n) is 4.33. The van der Waals surface area contributed by atoms with Gasteiger partial charge in [-0.1, -0.05) is 50.2 Å². The van der Waals surface area contributed by atoms with Crippen molar-refractivity contribution in [3.05, 3.63) is 57.6 Å². The highest BCUT2D eigenvalue weighted by Crippen LogP contribution is 2.42. The number of rotatable bonds is 5. The van der Waals surface area contributed by atoms with E-state index in [4.69, 9.17) is 0 Å². The van der Waals surface area contributed by atoms with E-state index < -0.39 is 0 Å². The largest absolute Gasteiger partial charge is 0.294 e. The Labute approximate surface area is 170 Å². The first-order valence-corrected chi connectivity index (χ1v) is 10.7. The third kappa shape index (κ3) is 3.08. The summed E-state index contributed by atoms with van der Waals surface area (Å²) in [6.07, 6.45) is 0.643. The molecule has 2 aromatic heterocycles. The third-order valence-corrected chi connectivity index (χ3v) is 6.27. The van der Waals surface area contributed by atoms with Gasteiger partial charge in [0.05, 0.1) is 9.78 Å². The number of thiophene rings is 1. The zero-order valence-corrected chi connectivity index (χ0v) is 17.1. The van der Waals surface area contributed by atoms with Crippen LogP contribution < -0.4 is 5.01 Å². The Morgan fingerprint density at radius 2 is 1.79 bits per heavy atom. The molecule has 28 heavy (non-hydrogen) atoms. The Morgan fingerprint density at radius 3 is 2.43 bits per heavy atom. The van der Waals surface area contributed by atoms with Crippen molar-refractivity contribution < 1.29 is 9.59 Å². The van der Waals surface area contributed by atoms with Crippen LogP contribution in [0.4, 0.5) is 0 Å². The van der Waals surface area contributed by atoms with Crippen molar-refractivity contribution in [2.24, 2.45) is 0 Å².